The van der Waals surface area contributed by atoms with E-state index in [9.17, 15) is 12.8 Å². The molecule has 3 rings (SSSR count). The van der Waals surface area contributed by atoms with E-state index in [1.54, 1.807) is 42.5 Å². The largest absolute Gasteiger partial charge is 0.489 e. The Balaban J connectivity index is 1.58. The summed E-state index contributed by atoms with van der Waals surface area (Å²) in [5.41, 5.74) is 0.663. The lowest BCUT2D eigenvalue weighted by molar-refractivity contribution is 0.0730. The Hall–Kier alpha value is -2.16. The molecule has 6 nitrogen and oxygen atoms in total. The second-order valence-electron chi connectivity index (χ2n) is 5.75. The number of nitrogens with one attached hydrogen (secondary N) is 1. The van der Waals surface area contributed by atoms with E-state index in [0.717, 1.165) is 0 Å². The molecule has 140 valence electrons. The number of benzene rings is 2. The number of rotatable bonds is 7. The van der Waals surface area contributed by atoms with Crippen molar-refractivity contribution < 1.29 is 22.3 Å². The average molecular weight is 380 g/mol. The van der Waals surface area contributed by atoms with Crippen molar-refractivity contribution in [2.45, 2.75) is 4.90 Å². The molecule has 1 saturated heterocycles. The maximum Gasteiger partial charge on any atom is 0.243 e. The van der Waals surface area contributed by atoms with Crippen molar-refractivity contribution in [3.05, 3.63) is 54.3 Å². The number of anilines is 1. The predicted molar refractivity (Wildman–Crippen MR) is 96.4 cm³/mol. The molecule has 1 fully saturated rings. The van der Waals surface area contributed by atoms with Gasteiger partial charge in [-0.15, -0.1) is 0 Å². The van der Waals surface area contributed by atoms with Crippen LogP contribution in [0.25, 0.3) is 0 Å². The van der Waals surface area contributed by atoms with E-state index in [1.807, 2.05) is 0 Å². The van der Waals surface area contributed by atoms with Gasteiger partial charge in [-0.25, -0.2) is 12.8 Å². The fourth-order valence-electron chi connectivity index (χ4n) is 2.62. The number of morpholine rings is 1. The molecule has 1 aliphatic rings. The van der Waals surface area contributed by atoms with Gasteiger partial charge in [0.1, 0.15) is 6.61 Å². The van der Waals surface area contributed by atoms with Crippen LogP contribution in [-0.4, -0.2) is 52.2 Å². The molecular weight excluding hydrogens is 359 g/mol. The zero-order chi connectivity index (χ0) is 18.4. The van der Waals surface area contributed by atoms with Gasteiger partial charge in [0.2, 0.25) is 10.0 Å². The monoisotopic (exact) mass is 380 g/mol. The maximum atomic E-state index is 13.5. The smallest absolute Gasteiger partial charge is 0.243 e. The molecule has 2 aromatic rings. The summed E-state index contributed by atoms with van der Waals surface area (Å²) in [5, 5.41) is 3.09. The predicted octanol–water partition coefficient (Wildman–Crippen LogP) is 2.34. The van der Waals surface area contributed by atoms with Crippen LogP contribution >= 0.6 is 0 Å². The molecule has 1 aliphatic heterocycles. The zero-order valence-electron chi connectivity index (χ0n) is 14.2. The minimum atomic E-state index is -3.53. The van der Waals surface area contributed by atoms with Crippen molar-refractivity contribution in [3.8, 4) is 5.75 Å². The first-order chi connectivity index (χ1) is 12.6. The molecule has 0 aromatic heterocycles. The van der Waals surface area contributed by atoms with Crippen LogP contribution in [0, 0.1) is 5.82 Å². The van der Waals surface area contributed by atoms with Gasteiger partial charge >= 0.3 is 0 Å². The first-order valence-corrected chi connectivity index (χ1v) is 9.80. The summed E-state index contributed by atoms with van der Waals surface area (Å²) < 4.78 is 50.8. The highest BCUT2D eigenvalue weighted by atomic mass is 32.2. The summed E-state index contributed by atoms with van der Waals surface area (Å²) >= 11 is 0. The van der Waals surface area contributed by atoms with Crippen molar-refractivity contribution in [3.63, 3.8) is 0 Å². The van der Waals surface area contributed by atoms with Crippen LogP contribution in [-0.2, 0) is 14.8 Å². The SMILES string of the molecule is O=S(=O)(c1cccc(NCCOc2ccccc2F)c1)N1CCOCC1. The lowest BCUT2D eigenvalue weighted by Crippen LogP contribution is -2.40. The van der Waals surface area contributed by atoms with Gasteiger partial charge in [0.15, 0.2) is 11.6 Å². The van der Waals surface area contributed by atoms with Crippen molar-refractivity contribution in [2.75, 3.05) is 44.8 Å². The van der Waals surface area contributed by atoms with E-state index >= 15 is 0 Å². The highest BCUT2D eigenvalue weighted by molar-refractivity contribution is 7.89. The van der Waals surface area contributed by atoms with E-state index in [-0.39, 0.29) is 17.3 Å². The van der Waals surface area contributed by atoms with E-state index < -0.39 is 15.8 Å². The molecule has 0 unspecified atom stereocenters. The van der Waals surface area contributed by atoms with Crippen LogP contribution in [0.15, 0.2) is 53.4 Å². The Morgan fingerprint density at radius 3 is 2.65 bits per heavy atom. The van der Waals surface area contributed by atoms with Gasteiger partial charge in [-0.1, -0.05) is 18.2 Å². The first-order valence-electron chi connectivity index (χ1n) is 8.36. The molecule has 2 aromatic carbocycles. The van der Waals surface area contributed by atoms with Gasteiger partial charge < -0.3 is 14.8 Å². The summed E-state index contributed by atoms with van der Waals surface area (Å²) in [4.78, 5) is 0.236. The average Bonchev–Trinajstić information content (AvgIpc) is 2.67. The lowest BCUT2D eigenvalue weighted by Gasteiger charge is -2.26. The van der Waals surface area contributed by atoms with E-state index in [2.05, 4.69) is 5.32 Å². The van der Waals surface area contributed by atoms with Crippen LogP contribution in [0.5, 0.6) is 5.75 Å². The Bertz CT molecular complexity index is 839. The molecule has 0 spiro atoms. The third-order valence-electron chi connectivity index (χ3n) is 3.97. The molecule has 8 heteroatoms. The topological polar surface area (TPSA) is 67.9 Å². The fraction of sp³-hybridized carbons (Fsp3) is 0.333. The molecule has 1 N–H and O–H groups in total. The minimum absolute atomic E-state index is 0.193. The van der Waals surface area contributed by atoms with Crippen LogP contribution in [0.3, 0.4) is 0 Å². The van der Waals surface area contributed by atoms with Gasteiger partial charge in [0, 0.05) is 25.3 Å². The molecule has 1 heterocycles. The molecule has 26 heavy (non-hydrogen) atoms. The van der Waals surface area contributed by atoms with E-state index in [0.29, 0.717) is 38.5 Å². The number of halogens is 1. The van der Waals surface area contributed by atoms with Crippen molar-refractivity contribution in [2.24, 2.45) is 0 Å². The summed E-state index contributed by atoms with van der Waals surface area (Å²) in [7, 11) is -3.53. The summed E-state index contributed by atoms with van der Waals surface area (Å²) in [6, 6.07) is 12.8. The van der Waals surface area contributed by atoms with Crippen LogP contribution < -0.4 is 10.1 Å². The molecule has 0 amide bonds. The molecule has 0 aliphatic carbocycles. The Morgan fingerprint density at radius 2 is 1.88 bits per heavy atom. The minimum Gasteiger partial charge on any atom is -0.489 e. The normalized spacial score (nSPS) is 15.6. The van der Waals surface area contributed by atoms with Crippen molar-refractivity contribution >= 4 is 15.7 Å². The molecule has 0 atom stereocenters. The van der Waals surface area contributed by atoms with Crippen LogP contribution in [0.2, 0.25) is 0 Å². The van der Waals surface area contributed by atoms with Crippen molar-refractivity contribution in [1.82, 2.24) is 4.31 Å². The number of para-hydroxylation sites is 1. The van der Waals surface area contributed by atoms with Crippen LogP contribution in [0.4, 0.5) is 10.1 Å². The van der Waals surface area contributed by atoms with Crippen molar-refractivity contribution in [1.29, 1.82) is 0 Å². The number of nitrogens with zero attached hydrogens (tertiary/aromatic N) is 1. The molecule has 0 saturated carbocycles. The third kappa shape index (κ3) is 4.51. The lowest BCUT2D eigenvalue weighted by atomic mass is 10.3. The van der Waals surface area contributed by atoms with E-state index in [1.165, 1.54) is 10.4 Å². The Labute approximate surface area is 152 Å². The summed E-state index contributed by atoms with van der Waals surface area (Å²) in [5.74, 6) is -0.218. The molecular formula is C18H21FN2O4S. The van der Waals surface area contributed by atoms with Gasteiger partial charge in [-0.05, 0) is 30.3 Å². The Morgan fingerprint density at radius 1 is 1.12 bits per heavy atom. The molecule has 0 radical (unpaired) electrons. The van der Waals surface area contributed by atoms with Crippen LogP contribution in [0.1, 0.15) is 0 Å². The third-order valence-corrected chi connectivity index (χ3v) is 5.86. The number of hydrogen-bond donors (Lipinski definition) is 1. The van der Waals surface area contributed by atoms with Gasteiger partial charge in [-0.2, -0.15) is 4.31 Å². The van der Waals surface area contributed by atoms with Gasteiger partial charge in [0.05, 0.1) is 18.1 Å². The Kier molecular flexibility index (Phi) is 6.08. The quantitative estimate of drug-likeness (QED) is 0.747. The highest BCUT2D eigenvalue weighted by Gasteiger charge is 2.26. The van der Waals surface area contributed by atoms with Gasteiger partial charge in [-0.3, -0.25) is 0 Å². The second kappa shape index (κ2) is 8.48. The number of hydrogen-bond acceptors (Lipinski definition) is 5. The van der Waals surface area contributed by atoms with E-state index in [4.69, 9.17) is 9.47 Å². The van der Waals surface area contributed by atoms with Gasteiger partial charge in [0.25, 0.3) is 0 Å². The standard InChI is InChI=1S/C18H21FN2O4S/c19-17-6-1-2-7-18(17)25-11-8-20-15-4-3-5-16(14-15)26(22,23)21-9-12-24-13-10-21/h1-7,14,20H,8-13H2. The zero-order valence-corrected chi connectivity index (χ0v) is 15.0. The summed E-state index contributed by atoms with van der Waals surface area (Å²) in [6.45, 7) is 2.19. The maximum absolute atomic E-state index is 13.5. The first kappa shape index (κ1) is 18.6. The highest BCUT2D eigenvalue weighted by Crippen LogP contribution is 2.20. The fourth-order valence-corrected chi connectivity index (χ4v) is 4.08. The number of ether oxygens (including phenoxy) is 2. The number of sulfonamides is 1. The second-order valence-corrected chi connectivity index (χ2v) is 7.69. The summed E-state index contributed by atoms with van der Waals surface area (Å²) in [6.07, 6.45) is 0. The molecule has 0 bridgehead atoms.